The van der Waals surface area contributed by atoms with Crippen LogP contribution in [0, 0.1) is 0 Å². The van der Waals surface area contributed by atoms with Crippen molar-refractivity contribution in [2.24, 2.45) is 12.8 Å². The van der Waals surface area contributed by atoms with Crippen molar-refractivity contribution in [3.8, 4) is 0 Å². The van der Waals surface area contributed by atoms with Crippen LogP contribution in [-0.2, 0) is 13.5 Å². The summed E-state index contributed by atoms with van der Waals surface area (Å²) in [4.78, 5) is 20.2. The van der Waals surface area contributed by atoms with E-state index in [1.165, 1.54) is 11.3 Å². The maximum Gasteiger partial charge on any atom is 0.247 e. The summed E-state index contributed by atoms with van der Waals surface area (Å²) < 4.78 is 1.68. The van der Waals surface area contributed by atoms with Gasteiger partial charge in [-0.2, -0.15) is 0 Å². The zero-order valence-corrected chi connectivity index (χ0v) is 9.70. The van der Waals surface area contributed by atoms with E-state index < -0.39 is 0 Å². The molecule has 2 heterocycles. The van der Waals surface area contributed by atoms with Gasteiger partial charge in [0.05, 0.1) is 5.01 Å². The molecule has 0 aromatic carbocycles. The summed E-state index contributed by atoms with van der Waals surface area (Å²) >= 11 is 1.46. The van der Waals surface area contributed by atoms with Gasteiger partial charge in [-0.15, -0.1) is 11.3 Å². The molecule has 0 radical (unpaired) electrons. The number of carbonyl (C=O) groups is 1. The third kappa shape index (κ3) is 2.02. The SMILES string of the molecule is Cn1ccnc1C(=O)c1csc(CCN)n1. The van der Waals surface area contributed by atoms with Crippen LogP contribution in [0.25, 0.3) is 0 Å². The summed E-state index contributed by atoms with van der Waals surface area (Å²) in [7, 11) is 1.79. The van der Waals surface area contributed by atoms with Crippen LogP contribution in [0.1, 0.15) is 21.3 Å². The van der Waals surface area contributed by atoms with Gasteiger partial charge in [0.15, 0.2) is 5.82 Å². The number of aromatic nitrogens is 3. The first-order valence-electron chi connectivity index (χ1n) is 4.89. The predicted octanol–water partition coefficient (Wildman–Crippen LogP) is 0.609. The van der Waals surface area contributed by atoms with Crippen LogP contribution < -0.4 is 5.73 Å². The molecule has 0 saturated heterocycles. The number of aryl methyl sites for hydroxylation is 1. The maximum atomic E-state index is 12.0. The Morgan fingerprint density at radius 3 is 3.06 bits per heavy atom. The quantitative estimate of drug-likeness (QED) is 0.789. The van der Waals surface area contributed by atoms with Gasteiger partial charge in [0.1, 0.15) is 5.69 Å². The number of nitrogens with two attached hydrogens (primary N) is 1. The number of rotatable bonds is 4. The minimum absolute atomic E-state index is 0.146. The van der Waals surface area contributed by atoms with E-state index in [1.807, 2.05) is 0 Å². The molecule has 0 saturated carbocycles. The zero-order valence-electron chi connectivity index (χ0n) is 8.88. The van der Waals surface area contributed by atoms with Crippen molar-refractivity contribution in [1.82, 2.24) is 14.5 Å². The molecule has 2 aromatic rings. The molecule has 0 aliphatic heterocycles. The van der Waals surface area contributed by atoms with Crippen LogP contribution in [0.5, 0.6) is 0 Å². The number of hydrogen-bond donors (Lipinski definition) is 1. The number of thiazole rings is 1. The first-order valence-corrected chi connectivity index (χ1v) is 5.77. The fraction of sp³-hybridized carbons (Fsp3) is 0.300. The largest absolute Gasteiger partial charge is 0.331 e. The summed E-state index contributed by atoms with van der Waals surface area (Å²) in [5.41, 5.74) is 5.88. The Kier molecular flexibility index (Phi) is 3.12. The molecule has 0 spiro atoms. The third-order valence-electron chi connectivity index (χ3n) is 2.17. The van der Waals surface area contributed by atoms with Crippen molar-refractivity contribution in [2.75, 3.05) is 6.54 Å². The molecule has 0 atom stereocenters. The van der Waals surface area contributed by atoms with E-state index in [0.29, 0.717) is 24.5 Å². The second-order valence-electron chi connectivity index (χ2n) is 3.36. The Labute approximate surface area is 96.9 Å². The topological polar surface area (TPSA) is 73.8 Å². The first-order chi connectivity index (χ1) is 7.72. The fourth-order valence-electron chi connectivity index (χ4n) is 1.35. The van der Waals surface area contributed by atoms with Crippen molar-refractivity contribution in [3.05, 3.63) is 34.3 Å². The lowest BCUT2D eigenvalue weighted by Crippen LogP contribution is -2.09. The normalized spacial score (nSPS) is 10.6. The summed E-state index contributed by atoms with van der Waals surface area (Å²) in [5.74, 6) is 0.261. The Morgan fingerprint density at radius 2 is 2.44 bits per heavy atom. The van der Waals surface area contributed by atoms with Gasteiger partial charge in [0.2, 0.25) is 5.78 Å². The molecule has 5 nitrogen and oxygen atoms in total. The van der Waals surface area contributed by atoms with Crippen molar-refractivity contribution in [2.45, 2.75) is 6.42 Å². The van der Waals surface area contributed by atoms with Crippen molar-refractivity contribution < 1.29 is 4.79 Å². The Balaban J connectivity index is 2.24. The molecule has 16 heavy (non-hydrogen) atoms. The smallest absolute Gasteiger partial charge is 0.247 e. The highest BCUT2D eigenvalue weighted by Crippen LogP contribution is 2.13. The monoisotopic (exact) mass is 236 g/mol. The van der Waals surface area contributed by atoms with Crippen LogP contribution in [0.15, 0.2) is 17.8 Å². The Bertz CT molecular complexity index is 502. The second-order valence-corrected chi connectivity index (χ2v) is 4.30. The van der Waals surface area contributed by atoms with Crippen LogP contribution in [-0.4, -0.2) is 26.9 Å². The minimum Gasteiger partial charge on any atom is -0.331 e. The van der Waals surface area contributed by atoms with Gasteiger partial charge in [0, 0.05) is 31.2 Å². The summed E-state index contributed by atoms with van der Waals surface area (Å²) in [6.45, 7) is 0.545. The average molecular weight is 236 g/mol. The number of ketones is 1. The standard InChI is InChI=1S/C10H12N4OS/c1-14-5-4-12-10(14)9(15)7-6-16-8(13-7)2-3-11/h4-6H,2-3,11H2,1H3. The van der Waals surface area contributed by atoms with E-state index in [2.05, 4.69) is 9.97 Å². The molecule has 2 rings (SSSR count). The number of nitrogens with zero attached hydrogens (tertiary/aromatic N) is 3. The lowest BCUT2D eigenvalue weighted by atomic mass is 10.3. The molecule has 0 fully saturated rings. The molecule has 0 aliphatic carbocycles. The van der Waals surface area contributed by atoms with Gasteiger partial charge in [0.25, 0.3) is 0 Å². The molecule has 6 heteroatoms. The minimum atomic E-state index is -0.146. The molecule has 84 valence electrons. The number of imidazole rings is 1. The van der Waals surface area contributed by atoms with Crippen LogP contribution in [0.4, 0.5) is 0 Å². The maximum absolute atomic E-state index is 12.0. The highest BCUT2D eigenvalue weighted by atomic mass is 32.1. The lowest BCUT2D eigenvalue weighted by molar-refractivity contribution is 0.102. The van der Waals surface area contributed by atoms with Crippen LogP contribution in [0.3, 0.4) is 0 Å². The van der Waals surface area contributed by atoms with Crippen LogP contribution in [0.2, 0.25) is 0 Å². The number of carbonyl (C=O) groups excluding carboxylic acids is 1. The summed E-state index contributed by atoms with van der Waals surface area (Å²) in [5, 5.41) is 2.64. The molecule has 2 aromatic heterocycles. The van der Waals surface area contributed by atoms with Gasteiger partial charge in [-0.25, -0.2) is 9.97 Å². The highest BCUT2D eigenvalue weighted by Gasteiger charge is 2.16. The molecule has 2 N–H and O–H groups in total. The average Bonchev–Trinajstić information content (AvgIpc) is 2.87. The van der Waals surface area contributed by atoms with Crippen molar-refractivity contribution >= 4 is 17.1 Å². The van der Waals surface area contributed by atoms with E-state index >= 15 is 0 Å². The molecule has 0 amide bonds. The molecule has 0 bridgehead atoms. The number of hydrogen-bond acceptors (Lipinski definition) is 5. The van der Waals surface area contributed by atoms with Crippen molar-refractivity contribution in [3.63, 3.8) is 0 Å². The van der Waals surface area contributed by atoms with Gasteiger partial charge in [-0.3, -0.25) is 4.79 Å². The molecule has 0 aliphatic rings. The molecule has 0 unspecified atom stereocenters. The van der Waals surface area contributed by atoms with E-state index in [-0.39, 0.29) is 5.78 Å². The molecular weight excluding hydrogens is 224 g/mol. The highest BCUT2D eigenvalue weighted by molar-refractivity contribution is 7.09. The summed E-state index contributed by atoms with van der Waals surface area (Å²) in [6.07, 6.45) is 4.04. The van der Waals surface area contributed by atoms with E-state index in [1.54, 1.807) is 29.4 Å². The van der Waals surface area contributed by atoms with Gasteiger partial charge >= 0.3 is 0 Å². The zero-order chi connectivity index (χ0) is 11.5. The summed E-state index contributed by atoms with van der Waals surface area (Å²) in [6, 6.07) is 0. The van der Waals surface area contributed by atoms with E-state index in [9.17, 15) is 4.79 Å². The van der Waals surface area contributed by atoms with Gasteiger partial charge in [-0.1, -0.05) is 0 Å². The van der Waals surface area contributed by atoms with Gasteiger partial charge < -0.3 is 10.3 Å². The Hall–Kier alpha value is -1.53. The first kappa shape index (κ1) is 11.0. The van der Waals surface area contributed by atoms with Gasteiger partial charge in [-0.05, 0) is 6.54 Å². The third-order valence-corrected chi connectivity index (χ3v) is 3.08. The van der Waals surface area contributed by atoms with E-state index in [4.69, 9.17) is 5.73 Å². The van der Waals surface area contributed by atoms with E-state index in [0.717, 1.165) is 5.01 Å². The fourth-order valence-corrected chi connectivity index (χ4v) is 2.15. The van der Waals surface area contributed by atoms with Crippen molar-refractivity contribution in [1.29, 1.82) is 0 Å². The lowest BCUT2D eigenvalue weighted by Gasteiger charge is -1.97. The molecular formula is C10H12N4OS. The van der Waals surface area contributed by atoms with Crippen LogP contribution >= 0.6 is 11.3 Å². The predicted molar refractivity (Wildman–Crippen MR) is 61.5 cm³/mol. The second kappa shape index (κ2) is 4.54. The Morgan fingerprint density at radius 1 is 1.62 bits per heavy atom.